The van der Waals surface area contributed by atoms with Crippen molar-refractivity contribution in [1.82, 2.24) is 5.32 Å². The molecule has 0 fully saturated rings. The minimum Gasteiger partial charge on any atom is -0.360 e. The number of anilines is 1. The summed E-state index contributed by atoms with van der Waals surface area (Å²) in [7, 11) is 0. The van der Waals surface area contributed by atoms with Crippen LogP contribution in [0.1, 0.15) is 45.6 Å². The van der Waals surface area contributed by atoms with Crippen molar-refractivity contribution >= 4 is 23.0 Å². The van der Waals surface area contributed by atoms with E-state index in [0.717, 1.165) is 18.5 Å². The van der Waals surface area contributed by atoms with Gasteiger partial charge in [0.2, 0.25) is 0 Å². The number of nitrogens with one attached hydrogen (secondary N) is 2. The topological polar surface area (TPSA) is 24.1 Å². The molecule has 1 rings (SSSR count). The van der Waals surface area contributed by atoms with Gasteiger partial charge in [-0.3, -0.25) is 0 Å². The summed E-state index contributed by atoms with van der Waals surface area (Å²) in [6.45, 7) is 6.49. The van der Waals surface area contributed by atoms with Gasteiger partial charge in [0.15, 0.2) is 5.11 Å². The van der Waals surface area contributed by atoms with E-state index >= 15 is 0 Å². The van der Waals surface area contributed by atoms with E-state index in [1.807, 2.05) is 0 Å². The maximum absolute atomic E-state index is 5.26. The number of benzene rings is 1. The summed E-state index contributed by atoms with van der Waals surface area (Å²) >= 11 is 5.26. The van der Waals surface area contributed by atoms with Crippen LogP contribution in [0.2, 0.25) is 0 Å². The third-order valence-corrected chi connectivity index (χ3v) is 3.24. The fraction of sp³-hybridized carbons (Fsp3) is 0.533. The van der Waals surface area contributed by atoms with Crippen LogP contribution >= 0.6 is 12.2 Å². The number of rotatable bonds is 6. The Balaban J connectivity index is 2.45. The molecule has 1 aromatic rings. The monoisotopic (exact) mass is 264 g/mol. The average Bonchev–Trinajstić information content (AvgIpc) is 2.37. The maximum Gasteiger partial charge on any atom is 0.170 e. The van der Waals surface area contributed by atoms with Crippen LogP contribution in [0.15, 0.2) is 24.3 Å². The van der Waals surface area contributed by atoms with Crippen LogP contribution in [0, 0.1) is 0 Å². The molecule has 18 heavy (non-hydrogen) atoms. The van der Waals surface area contributed by atoms with Gasteiger partial charge < -0.3 is 10.6 Å². The van der Waals surface area contributed by atoms with Crippen molar-refractivity contribution < 1.29 is 0 Å². The molecule has 1 unspecified atom stereocenters. The SMILES string of the molecule is CCCCc1ccc(NC(=S)NC(C)CC)cc1. The largest absolute Gasteiger partial charge is 0.360 e. The molecular weight excluding hydrogens is 240 g/mol. The van der Waals surface area contributed by atoms with Gasteiger partial charge in [-0.15, -0.1) is 0 Å². The summed E-state index contributed by atoms with van der Waals surface area (Å²) in [5.74, 6) is 0. The molecule has 0 aliphatic rings. The lowest BCUT2D eigenvalue weighted by molar-refractivity contribution is 0.646. The zero-order chi connectivity index (χ0) is 13.4. The summed E-state index contributed by atoms with van der Waals surface area (Å²) in [6, 6.07) is 8.94. The first-order valence-corrected chi connectivity index (χ1v) is 7.23. The Bertz CT molecular complexity index is 359. The fourth-order valence-corrected chi connectivity index (χ4v) is 1.95. The standard InChI is InChI=1S/C15H24N2S/c1-4-6-7-13-8-10-14(11-9-13)17-15(18)16-12(3)5-2/h8-12H,4-7H2,1-3H3,(H2,16,17,18). The van der Waals surface area contributed by atoms with E-state index in [-0.39, 0.29) is 0 Å². The maximum atomic E-state index is 5.26. The normalized spacial score (nSPS) is 11.9. The van der Waals surface area contributed by atoms with Gasteiger partial charge >= 0.3 is 0 Å². The molecule has 0 aromatic heterocycles. The van der Waals surface area contributed by atoms with Crippen LogP contribution in [0.3, 0.4) is 0 Å². The van der Waals surface area contributed by atoms with E-state index in [4.69, 9.17) is 12.2 Å². The molecule has 1 aromatic carbocycles. The molecule has 0 saturated heterocycles. The molecule has 1 atom stereocenters. The number of thiocarbonyl (C=S) groups is 1. The first kappa shape index (κ1) is 15.0. The van der Waals surface area contributed by atoms with E-state index in [9.17, 15) is 0 Å². The van der Waals surface area contributed by atoms with E-state index in [1.165, 1.54) is 18.4 Å². The second-order valence-corrected chi connectivity index (χ2v) is 5.12. The molecule has 0 aliphatic heterocycles. The van der Waals surface area contributed by atoms with Crippen LogP contribution < -0.4 is 10.6 Å². The van der Waals surface area contributed by atoms with E-state index in [2.05, 4.69) is 55.7 Å². The molecule has 0 aliphatic carbocycles. The quantitative estimate of drug-likeness (QED) is 0.756. The molecule has 0 heterocycles. The lowest BCUT2D eigenvalue weighted by Gasteiger charge is -2.15. The summed E-state index contributed by atoms with van der Waals surface area (Å²) in [6.07, 6.45) is 4.72. The smallest absolute Gasteiger partial charge is 0.170 e. The Labute approximate surface area is 116 Å². The molecule has 0 amide bonds. The zero-order valence-electron chi connectivity index (χ0n) is 11.6. The Morgan fingerprint density at radius 3 is 2.44 bits per heavy atom. The molecule has 0 bridgehead atoms. The lowest BCUT2D eigenvalue weighted by atomic mass is 10.1. The van der Waals surface area contributed by atoms with Gasteiger partial charge in [0, 0.05) is 11.7 Å². The van der Waals surface area contributed by atoms with E-state index < -0.39 is 0 Å². The first-order valence-electron chi connectivity index (χ1n) is 6.82. The third-order valence-electron chi connectivity index (χ3n) is 3.02. The Kier molecular flexibility index (Phi) is 6.73. The highest BCUT2D eigenvalue weighted by Crippen LogP contribution is 2.11. The first-order chi connectivity index (χ1) is 8.65. The van der Waals surface area contributed by atoms with Crippen LogP contribution in [0.4, 0.5) is 5.69 Å². The second kappa shape index (κ2) is 8.09. The van der Waals surface area contributed by atoms with Crippen LogP contribution in [-0.4, -0.2) is 11.2 Å². The van der Waals surface area contributed by atoms with E-state index in [1.54, 1.807) is 0 Å². The van der Waals surface area contributed by atoms with Crippen LogP contribution in [-0.2, 0) is 6.42 Å². The molecule has 0 saturated carbocycles. The summed E-state index contributed by atoms with van der Waals surface area (Å²) in [5.41, 5.74) is 2.44. The Morgan fingerprint density at radius 2 is 1.89 bits per heavy atom. The number of aryl methyl sites for hydroxylation is 1. The van der Waals surface area contributed by atoms with Gasteiger partial charge in [0.1, 0.15) is 0 Å². The number of hydrogen-bond acceptors (Lipinski definition) is 1. The van der Waals surface area contributed by atoms with Crippen molar-refractivity contribution in [1.29, 1.82) is 0 Å². The minimum absolute atomic E-state index is 0.411. The van der Waals surface area contributed by atoms with Crippen molar-refractivity contribution in [3.05, 3.63) is 29.8 Å². The molecule has 3 heteroatoms. The highest BCUT2D eigenvalue weighted by molar-refractivity contribution is 7.80. The molecule has 0 radical (unpaired) electrons. The van der Waals surface area contributed by atoms with Crippen molar-refractivity contribution in [2.75, 3.05) is 5.32 Å². The highest BCUT2D eigenvalue weighted by Gasteiger charge is 2.01. The molecular formula is C15H24N2S. The van der Waals surface area contributed by atoms with Crippen LogP contribution in [0.5, 0.6) is 0 Å². The van der Waals surface area contributed by atoms with Crippen molar-refractivity contribution in [3.63, 3.8) is 0 Å². The minimum atomic E-state index is 0.411. The molecule has 0 spiro atoms. The summed E-state index contributed by atoms with van der Waals surface area (Å²) < 4.78 is 0. The Hall–Kier alpha value is -1.09. The van der Waals surface area contributed by atoms with Crippen molar-refractivity contribution in [2.24, 2.45) is 0 Å². The number of unbranched alkanes of at least 4 members (excludes halogenated alkanes) is 1. The van der Waals surface area contributed by atoms with E-state index in [0.29, 0.717) is 11.2 Å². The van der Waals surface area contributed by atoms with Gasteiger partial charge in [-0.1, -0.05) is 32.4 Å². The van der Waals surface area contributed by atoms with Gasteiger partial charge in [-0.2, -0.15) is 0 Å². The Morgan fingerprint density at radius 1 is 1.22 bits per heavy atom. The van der Waals surface area contributed by atoms with Crippen molar-refractivity contribution in [3.8, 4) is 0 Å². The van der Waals surface area contributed by atoms with Gasteiger partial charge in [0.05, 0.1) is 0 Å². The fourth-order valence-electron chi connectivity index (χ4n) is 1.63. The predicted molar refractivity (Wildman–Crippen MR) is 84.2 cm³/mol. The van der Waals surface area contributed by atoms with Crippen molar-refractivity contribution in [2.45, 2.75) is 52.5 Å². The predicted octanol–water partition coefficient (Wildman–Crippen LogP) is 4.11. The summed E-state index contributed by atoms with van der Waals surface area (Å²) in [5, 5.41) is 7.16. The molecule has 100 valence electrons. The van der Waals surface area contributed by atoms with Crippen LogP contribution in [0.25, 0.3) is 0 Å². The summed E-state index contributed by atoms with van der Waals surface area (Å²) in [4.78, 5) is 0. The number of hydrogen-bond donors (Lipinski definition) is 2. The third kappa shape index (κ3) is 5.50. The van der Waals surface area contributed by atoms with Gasteiger partial charge in [0.25, 0.3) is 0 Å². The average molecular weight is 264 g/mol. The zero-order valence-corrected chi connectivity index (χ0v) is 12.4. The molecule has 2 nitrogen and oxygen atoms in total. The highest BCUT2D eigenvalue weighted by atomic mass is 32.1. The molecule has 2 N–H and O–H groups in total. The van der Waals surface area contributed by atoms with Gasteiger partial charge in [-0.25, -0.2) is 0 Å². The van der Waals surface area contributed by atoms with Gasteiger partial charge in [-0.05, 0) is 56.1 Å². The second-order valence-electron chi connectivity index (χ2n) is 4.71. The lowest BCUT2D eigenvalue weighted by Crippen LogP contribution is -2.35.